The van der Waals surface area contributed by atoms with E-state index in [1.807, 2.05) is 0 Å². The highest BCUT2D eigenvalue weighted by molar-refractivity contribution is 9.10. The van der Waals surface area contributed by atoms with Crippen LogP contribution in [0.2, 0.25) is 5.15 Å². The smallest absolute Gasteiger partial charge is 0.417 e. The van der Waals surface area contributed by atoms with Crippen LogP contribution in [0, 0.1) is 0 Å². The van der Waals surface area contributed by atoms with Crippen LogP contribution >= 0.6 is 27.5 Å². The van der Waals surface area contributed by atoms with Crippen molar-refractivity contribution in [2.24, 2.45) is 0 Å². The summed E-state index contributed by atoms with van der Waals surface area (Å²) < 4.78 is 48.3. The molecule has 0 aliphatic heterocycles. The molecule has 3 rings (SSSR count). The van der Waals surface area contributed by atoms with E-state index in [1.54, 1.807) is 44.2 Å². The Hall–Kier alpha value is -1.77. The second kappa shape index (κ2) is 8.05. The summed E-state index contributed by atoms with van der Waals surface area (Å²) in [5.74, 6) is 0.457. The van der Waals surface area contributed by atoms with Crippen molar-refractivity contribution in [3.05, 3.63) is 57.4 Å². The van der Waals surface area contributed by atoms with Crippen molar-refractivity contribution in [1.82, 2.24) is 9.97 Å². The fourth-order valence-electron chi connectivity index (χ4n) is 3.77. The Morgan fingerprint density at radius 2 is 1.90 bits per heavy atom. The van der Waals surface area contributed by atoms with Crippen LogP contribution in [-0.2, 0) is 11.8 Å². The van der Waals surface area contributed by atoms with Crippen LogP contribution in [-0.4, -0.2) is 34.0 Å². The molecule has 2 heterocycles. The van der Waals surface area contributed by atoms with E-state index in [0.717, 1.165) is 0 Å². The number of nitrogens with one attached hydrogen (secondary N) is 1. The van der Waals surface area contributed by atoms with E-state index in [-0.39, 0.29) is 10.8 Å². The molecule has 0 radical (unpaired) electrons. The van der Waals surface area contributed by atoms with Crippen molar-refractivity contribution in [3.63, 3.8) is 0 Å². The predicted molar refractivity (Wildman–Crippen MR) is 114 cm³/mol. The number of rotatable bonds is 6. The maximum atomic E-state index is 14.1. The molecule has 162 valence electrons. The molecule has 0 saturated heterocycles. The number of pyridine rings is 1. The molecule has 30 heavy (non-hydrogen) atoms. The fourth-order valence-corrected chi connectivity index (χ4v) is 4.30. The van der Waals surface area contributed by atoms with Crippen LogP contribution in [0.25, 0.3) is 10.9 Å². The summed E-state index contributed by atoms with van der Waals surface area (Å²) in [4.78, 5) is 6.82. The largest absolute Gasteiger partial charge is 0.496 e. The second-order valence-electron chi connectivity index (χ2n) is 8.00. The number of hydrogen-bond acceptors (Lipinski definition) is 3. The number of halogens is 5. The maximum Gasteiger partial charge on any atom is 0.417 e. The van der Waals surface area contributed by atoms with Gasteiger partial charge in [0.15, 0.2) is 5.60 Å². The molecule has 4 nitrogen and oxygen atoms in total. The Bertz CT molecular complexity index is 1070. The minimum Gasteiger partial charge on any atom is -0.496 e. The number of aromatic nitrogens is 2. The molecule has 3 aromatic rings. The quantitative estimate of drug-likeness (QED) is 0.393. The third kappa shape index (κ3) is 4.60. The second-order valence-corrected chi connectivity index (χ2v) is 9.30. The first-order valence-electron chi connectivity index (χ1n) is 9.11. The number of ether oxygens (including phenoxy) is 1. The zero-order chi connectivity index (χ0) is 22.3. The Kier molecular flexibility index (Phi) is 6.15. The Labute approximate surface area is 185 Å². The van der Waals surface area contributed by atoms with Gasteiger partial charge in [-0.05, 0) is 42.2 Å². The van der Waals surface area contributed by atoms with Gasteiger partial charge in [0.05, 0.1) is 18.8 Å². The topological polar surface area (TPSA) is 58.1 Å². The SMILES string of the molecule is COc1ccc(Br)cc1C(C)(C)CC(O)(Cc1cc2cc(Cl)ncc2[nH]1)C(F)(F)F. The Balaban J connectivity index is 1.99. The maximum absolute atomic E-state index is 14.1. The average Bonchev–Trinajstić information content (AvgIpc) is 3.01. The van der Waals surface area contributed by atoms with Gasteiger partial charge in [-0.25, -0.2) is 4.98 Å². The molecule has 0 spiro atoms. The van der Waals surface area contributed by atoms with Crippen LogP contribution < -0.4 is 4.74 Å². The number of benzene rings is 1. The van der Waals surface area contributed by atoms with E-state index in [1.165, 1.54) is 13.3 Å². The first-order valence-corrected chi connectivity index (χ1v) is 10.3. The van der Waals surface area contributed by atoms with Crippen molar-refractivity contribution in [3.8, 4) is 5.75 Å². The van der Waals surface area contributed by atoms with Gasteiger partial charge in [0.1, 0.15) is 10.9 Å². The van der Waals surface area contributed by atoms with E-state index < -0.39 is 30.0 Å². The minimum absolute atomic E-state index is 0.238. The summed E-state index contributed by atoms with van der Waals surface area (Å²) in [6.07, 6.45) is -4.60. The summed E-state index contributed by atoms with van der Waals surface area (Å²) in [5.41, 5.74) is -2.66. The number of aliphatic hydroxyl groups is 1. The molecule has 0 fully saturated rings. The van der Waals surface area contributed by atoms with Gasteiger partial charge in [-0.1, -0.05) is 41.4 Å². The summed E-state index contributed by atoms with van der Waals surface area (Å²) in [5, 5.41) is 11.7. The lowest BCUT2D eigenvalue weighted by Gasteiger charge is -2.38. The van der Waals surface area contributed by atoms with E-state index >= 15 is 0 Å². The molecule has 1 aromatic carbocycles. The molecule has 1 atom stereocenters. The van der Waals surface area contributed by atoms with Gasteiger partial charge in [-0.2, -0.15) is 13.2 Å². The van der Waals surface area contributed by atoms with Crippen molar-refractivity contribution < 1.29 is 23.0 Å². The van der Waals surface area contributed by atoms with E-state index in [2.05, 4.69) is 25.9 Å². The lowest BCUT2D eigenvalue weighted by atomic mass is 9.73. The van der Waals surface area contributed by atoms with Crippen molar-refractivity contribution >= 4 is 38.4 Å². The third-order valence-corrected chi connectivity index (χ3v) is 5.86. The zero-order valence-electron chi connectivity index (χ0n) is 16.6. The molecule has 2 N–H and O–H groups in total. The molecule has 1 unspecified atom stereocenters. The van der Waals surface area contributed by atoms with Crippen LogP contribution in [0.5, 0.6) is 5.75 Å². The zero-order valence-corrected chi connectivity index (χ0v) is 18.9. The molecule has 0 aliphatic carbocycles. The number of nitrogens with zero attached hydrogens (tertiary/aromatic N) is 1. The Morgan fingerprint density at radius 3 is 2.53 bits per heavy atom. The van der Waals surface area contributed by atoms with E-state index in [0.29, 0.717) is 26.7 Å². The summed E-state index contributed by atoms with van der Waals surface area (Å²) >= 11 is 9.21. The average molecular weight is 506 g/mol. The van der Waals surface area contributed by atoms with Crippen LogP contribution in [0.4, 0.5) is 13.2 Å². The van der Waals surface area contributed by atoms with Gasteiger partial charge in [0.25, 0.3) is 0 Å². The van der Waals surface area contributed by atoms with Gasteiger partial charge < -0.3 is 14.8 Å². The molecule has 9 heteroatoms. The first-order chi connectivity index (χ1) is 13.8. The number of fused-ring (bicyclic) bond motifs is 1. The molecule has 0 aliphatic rings. The van der Waals surface area contributed by atoms with Crippen LogP contribution in [0.3, 0.4) is 0 Å². The van der Waals surface area contributed by atoms with Crippen LogP contribution in [0.1, 0.15) is 31.5 Å². The molecule has 0 saturated carbocycles. The van der Waals surface area contributed by atoms with Gasteiger partial charge in [0.2, 0.25) is 0 Å². The monoisotopic (exact) mass is 504 g/mol. The normalized spacial score (nSPS) is 14.7. The number of methoxy groups -OCH3 is 1. The minimum atomic E-state index is -4.85. The highest BCUT2D eigenvalue weighted by Gasteiger charge is 2.56. The highest BCUT2D eigenvalue weighted by atomic mass is 79.9. The van der Waals surface area contributed by atoms with E-state index in [9.17, 15) is 18.3 Å². The van der Waals surface area contributed by atoms with Crippen molar-refractivity contribution in [2.45, 2.75) is 43.9 Å². The fraction of sp³-hybridized carbons (Fsp3) is 0.381. The van der Waals surface area contributed by atoms with Crippen molar-refractivity contribution in [2.75, 3.05) is 7.11 Å². The molecular formula is C21H21BrClF3N2O2. The number of hydrogen-bond donors (Lipinski definition) is 2. The van der Waals surface area contributed by atoms with E-state index in [4.69, 9.17) is 16.3 Å². The summed E-state index contributed by atoms with van der Waals surface area (Å²) in [6, 6.07) is 8.25. The van der Waals surface area contributed by atoms with Gasteiger partial charge in [-0.15, -0.1) is 0 Å². The van der Waals surface area contributed by atoms with Gasteiger partial charge in [0, 0.05) is 27.5 Å². The first kappa shape index (κ1) is 22.9. The standard InChI is InChI=1S/C21H21BrClF3N2O2/c1-19(2,15-8-13(22)4-5-17(15)30-3)11-20(29,21(24,25)26)9-14-6-12-7-18(23)27-10-16(12)28-14/h4-8,10,28-29H,9,11H2,1-3H3. The summed E-state index contributed by atoms with van der Waals surface area (Å²) in [7, 11) is 1.46. The highest BCUT2D eigenvalue weighted by Crippen LogP contribution is 2.45. The number of aromatic amines is 1. The van der Waals surface area contributed by atoms with Gasteiger partial charge in [-0.3, -0.25) is 0 Å². The van der Waals surface area contributed by atoms with Gasteiger partial charge >= 0.3 is 6.18 Å². The molecule has 0 bridgehead atoms. The molecular weight excluding hydrogens is 485 g/mol. The third-order valence-electron chi connectivity index (χ3n) is 5.16. The van der Waals surface area contributed by atoms with Crippen molar-refractivity contribution in [1.29, 1.82) is 0 Å². The lowest BCUT2D eigenvalue weighted by molar-refractivity contribution is -0.266. The van der Waals surface area contributed by atoms with Crippen LogP contribution in [0.15, 0.2) is 41.0 Å². The molecule has 0 amide bonds. The number of H-pyrrole nitrogens is 1. The predicted octanol–water partition coefficient (Wildman–Crippen LogP) is 6.19. The number of alkyl halides is 3. The summed E-state index contributed by atoms with van der Waals surface area (Å²) in [6.45, 7) is 3.31. The lowest BCUT2D eigenvalue weighted by Crippen LogP contribution is -2.51. The molecule has 2 aromatic heterocycles. The Morgan fingerprint density at radius 1 is 1.20 bits per heavy atom.